The van der Waals surface area contributed by atoms with Gasteiger partial charge in [-0.1, -0.05) is 51.5 Å². The van der Waals surface area contributed by atoms with Gasteiger partial charge in [0.1, 0.15) is 0 Å². The molecule has 2 rings (SSSR count). The monoisotopic (exact) mass is 436 g/mol. The molecule has 0 aliphatic rings. The van der Waals surface area contributed by atoms with Crippen molar-refractivity contribution in [1.82, 2.24) is 19.7 Å². The minimum atomic E-state index is -3.70. The number of rotatable bonds is 6. The van der Waals surface area contributed by atoms with E-state index in [1.165, 1.54) is 11.7 Å². The van der Waals surface area contributed by atoms with E-state index in [1.54, 1.807) is 0 Å². The summed E-state index contributed by atoms with van der Waals surface area (Å²) in [4.78, 5) is 0. The first-order valence-corrected chi connectivity index (χ1v) is 9.51. The summed E-state index contributed by atoms with van der Waals surface area (Å²) in [6, 6.07) is 9.44. The molecule has 0 bridgehead atoms. The molecule has 0 spiro atoms. The van der Waals surface area contributed by atoms with Gasteiger partial charge in [0.05, 0.1) is 0 Å². The van der Waals surface area contributed by atoms with Gasteiger partial charge in [-0.05, 0) is 27.9 Å². The van der Waals surface area contributed by atoms with Gasteiger partial charge in [0.15, 0.2) is 4.60 Å². The Morgan fingerprint density at radius 1 is 1.33 bits per heavy atom. The Morgan fingerprint density at radius 3 is 2.52 bits per heavy atom. The number of aryl methyl sites for hydroxylation is 1. The van der Waals surface area contributed by atoms with Crippen molar-refractivity contribution in [2.75, 3.05) is 5.33 Å². The van der Waals surface area contributed by atoms with E-state index in [1.807, 2.05) is 30.3 Å². The SMILES string of the molecule is Cn1nnc(Br)c1S(=O)(=O)NC(CBr)Cc1ccccc1. The zero-order valence-corrected chi connectivity index (χ0v) is 15.2. The van der Waals surface area contributed by atoms with Crippen molar-refractivity contribution in [2.45, 2.75) is 17.5 Å². The maximum atomic E-state index is 12.4. The molecule has 1 aromatic carbocycles. The third kappa shape index (κ3) is 4.12. The minimum Gasteiger partial charge on any atom is -0.235 e. The van der Waals surface area contributed by atoms with Crippen molar-refractivity contribution in [3.8, 4) is 0 Å². The Bertz CT molecular complexity index is 684. The van der Waals surface area contributed by atoms with Crippen LogP contribution in [0.3, 0.4) is 0 Å². The molecule has 2 aromatic rings. The molecule has 0 amide bonds. The lowest BCUT2D eigenvalue weighted by molar-refractivity contribution is 0.544. The molecule has 0 saturated carbocycles. The summed E-state index contributed by atoms with van der Waals surface area (Å²) in [6.07, 6.45) is 0.591. The summed E-state index contributed by atoms with van der Waals surface area (Å²) in [7, 11) is -2.16. The average molecular weight is 438 g/mol. The smallest absolute Gasteiger partial charge is 0.235 e. The second-order valence-electron chi connectivity index (χ2n) is 4.47. The van der Waals surface area contributed by atoms with Gasteiger partial charge in [0.2, 0.25) is 5.03 Å². The number of nitrogens with one attached hydrogen (secondary N) is 1. The molecule has 1 aromatic heterocycles. The summed E-state index contributed by atoms with van der Waals surface area (Å²) in [5.74, 6) is 0. The molecule has 0 fully saturated rings. The number of hydrogen-bond donors (Lipinski definition) is 1. The van der Waals surface area contributed by atoms with E-state index in [2.05, 4.69) is 46.9 Å². The fraction of sp³-hybridized carbons (Fsp3) is 0.333. The summed E-state index contributed by atoms with van der Waals surface area (Å²) >= 11 is 6.46. The van der Waals surface area contributed by atoms with E-state index in [-0.39, 0.29) is 15.7 Å². The Morgan fingerprint density at radius 2 is 2.00 bits per heavy atom. The lowest BCUT2D eigenvalue weighted by Gasteiger charge is -2.16. The maximum Gasteiger partial charge on any atom is 0.260 e. The molecule has 6 nitrogen and oxygen atoms in total. The van der Waals surface area contributed by atoms with Crippen molar-refractivity contribution < 1.29 is 8.42 Å². The van der Waals surface area contributed by atoms with Crippen LogP contribution in [0.25, 0.3) is 0 Å². The number of hydrogen-bond acceptors (Lipinski definition) is 4. The van der Waals surface area contributed by atoms with Crippen LogP contribution in [0.4, 0.5) is 0 Å². The predicted octanol–water partition coefficient (Wildman–Crippen LogP) is 1.86. The van der Waals surface area contributed by atoms with Gasteiger partial charge in [-0.3, -0.25) is 0 Å². The minimum absolute atomic E-state index is 0.0153. The number of halogens is 2. The number of benzene rings is 1. The van der Waals surface area contributed by atoms with Gasteiger partial charge >= 0.3 is 0 Å². The highest BCUT2D eigenvalue weighted by molar-refractivity contribution is 9.10. The van der Waals surface area contributed by atoms with Crippen molar-refractivity contribution in [1.29, 1.82) is 0 Å². The van der Waals surface area contributed by atoms with E-state index in [4.69, 9.17) is 0 Å². The van der Waals surface area contributed by atoms with Crippen molar-refractivity contribution in [2.24, 2.45) is 7.05 Å². The van der Waals surface area contributed by atoms with Crippen LogP contribution in [0.2, 0.25) is 0 Å². The molecule has 0 aliphatic heterocycles. The third-order valence-electron chi connectivity index (χ3n) is 2.82. The molecule has 0 aliphatic carbocycles. The van der Waals surface area contributed by atoms with Crippen LogP contribution in [-0.2, 0) is 23.5 Å². The standard InChI is InChI=1S/C12H14Br2N4O2S/c1-18-12(11(14)15-17-18)21(19,20)16-10(8-13)7-9-5-3-2-4-6-9/h2-6,10,16H,7-8H2,1H3. The molecule has 0 radical (unpaired) electrons. The molecule has 0 saturated heterocycles. The Kier molecular flexibility index (Phi) is 5.53. The number of sulfonamides is 1. The fourth-order valence-electron chi connectivity index (χ4n) is 1.91. The Hall–Kier alpha value is -0.770. The summed E-state index contributed by atoms with van der Waals surface area (Å²) in [5, 5.41) is 7.91. The van der Waals surface area contributed by atoms with Crippen LogP contribution < -0.4 is 4.72 Å². The summed E-state index contributed by atoms with van der Waals surface area (Å²) in [6.45, 7) is 0. The third-order valence-corrected chi connectivity index (χ3v) is 6.01. The van der Waals surface area contributed by atoms with E-state index < -0.39 is 10.0 Å². The van der Waals surface area contributed by atoms with Crippen LogP contribution >= 0.6 is 31.9 Å². The van der Waals surface area contributed by atoms with E-state index in [0.717, 1.165) is 5.56 Å². The first-order chi connectivity index (χ1) is 9.94. The van der Waals surface area contributed by atoms with Crippen LogP contribution in [0, 0.1) is 0 Å². The quantitative estimate of drug-likeness (QED) is 0.699. The van der Waals surface area contributed by atoms with Crippen LogP contribution in [0.5, 0.6) is 0 Å². The summed E-state index contributed by atoms with van der Waals surface area (Å²) in [5.41, 5.74) is 1.06. The highest BCUT2D eigenvalue weighted by Gasteiger charge is 2.26. The first-order valence-electron chi connectivity index (χ1n) is 6.11. The Balaban J connectivity index is 2.18. The van der Waals surface area contributed by atoms with Crippen LogP contribution in [-0.4, -0.2) is 34.8 Å². The topological polar surface area (TPSA) is 76.9 Å². The van der Waals surface area contributed by atoms with E-state index in [9.17, 15) is 8.42 Å². The second kappa shape index (κ2) is 6.99. The fourth-order valence-corrected chi connectivity index (χ4v) is 4.85. The number of nitrogens with zero attached hydrogens (tertiary/aromatic N) is 3. The van der Waals surface area contributed by atoms with Crippen molar-refractivity contribution in [3.63, 3.8) is 0 Å². The van der Waals surface area contributed by atoms with Crippen LogP contribution in [0.1, 0.15) is 5.56 Å². The second-order valence-corrected chi connectivity index (χ2v) is 7.50. The van der Waals surface area contributed by atoms with Crippen molar-refractivity contribution >= 4 is 41.9 Å². The highest BCUT2D eigenvalue weighted by Crippen LogP contribution is 2.18. The van der Waals surface area contributed by atoms with Gasteiger partial charge in [-0.25, -0.2) is 17.8 Å². The van der Waals surface area contributed by atoms with Gasteiger partial charge < -0.3 is 0 Å². The maximum absolute atomic E-state index is 12.4. The molecular weight excluding hydrogens is 424 g/mol. The molecule has 1 heterocycles. The highest BCUT2D eigenvalue weighted by atomic mass is 79.9. The van der Waals surface area contributed by atoms with Gasteiger partial charge in [-0.15, -0.1) is 5.10 Å². The van der Waals surface area contributed by atoms with Gasteiger partial charge in [0.25, 0.3) is 10.0 Å². The molecule has 1 unspecified atom stereocenters. The van der Waals surface area contributed by atoms with Crippen molar-refractivity contribution in [3.05, 3.63) is 40.5 Å². The van der Waals surface area contributed by atoms with E-state index >= 15 is 0 Å². The van der Waals surface area contributed by atoms with Gasteiger partial charge in [0, 0.05) is 18.4 Å². The molecule has 21 heavy (non-hydrogen) atoms. The summed E-state index contributed by atoms with van der Waals surface area (Å²) < 4.78 is 29.0. The zero-order chi connectivity index (χ0) is 15.5. The van der Waals surface area contributed by atoms with E-state index in [0.29, 0.717) is 11.8 Å². The Labute approximate surface area is 140 Å². The largest absolute Gasteiger partial charge is 0.260 e. The molecular formula is C12H14Br2N4O2S. The first kappa shape index (κ1) is 16.6. The lowest BCUT2D eigenvalue weighted by Crippen LogP contribution is -2.38. The normalized spacial score (nSPS) is 13.3. The molecule has 1 atom stereocenters. The molecule has 114 valence electrons. The number of alkyl halides is 1. The molecule has 9 heteroatoms. The number of aromatic nitrogens is 3. The average Bonchev–Trinajstić information content (AvgIpc) is 2.79. The zero-order valence-electron chi connectivity index (χ0n) is 11.2. The molecule has 1 N–H and O–H groups in total. The van der Waals surface area contributed by atoms with Gasteiger partial charge in [-0.2, -0.15) is 0 Å². The lowest BCUT2D eigenvalue weighted by atomic mass is 10.1. The predicted molar refractivity (Wildman–Crippen MR) is 86.8 cm³/mol. The van der Waals surface area contributed by atoms with Crippen LogP contribution in [0.15, 0.2) is 40.0 Å².